The van der Waals surface area contributed by atoms with Crippen LogP contribution >= 0.6 is 0 Å². The van der Waals surface area contributed by atoms with Crippen LogP contribution in [0.1, 0.15) is 63.6 Å². The fourth-order valence-corrected chi connectivity index (χ4v) is 4.21. The number of benzene rings is 2. The Labute approximate surface area is 187 Å². The number of hydrogen-bond acceptors (Lipinski definition) is 4. The van der Waals surface area contributed by atoms with Gasteiger partial charge in [-0.3, -0.25) is 14.7 Å². The highest BCUT2D eigenvalue weighted by atomic mass is 16.3. The predicted octanol–water partition coefficient (Wildman–Crippen LogP) is 3.52. The molecule has 32 heavy (non-hydrogen) atoms. The number of carbonyl (C=O) groups is 2. The van der Waals surface area contributed by atoms with Crippen molar-refractivity contribution in [3.05, 3.63) is 77.1 Å². The van der Waals surface area contributed by atoms with E-state index < -0.39 is 6.04 Å². The fraction of sp³-hybridized carbons (Fsp3) is 0.320. The lowest BCUT2D eigenvalue weighted by molar-refractivity contribution is 0.0915. The fourth-order valence-electron chi connectivity index (χ4n) is 4.21. The zero-order valence-electron chi connectivity index (χ0n) is 18.1. The molecule has 1 aromatic heterocycles. The van der Waals surface area contributed by atoms with Gasteiger partial charge in [0, 0.05) is 28.9 Å². The molecule has 1 aliphatic rings. The normalized spacial score (nSPS) is 14.8. The molecule has 2 amide bonds. The molecule has 2 aromatic carbocycles. The monoisotopic (exact) mass is 432 g/mol. The Balaban J connectivity index is 1.47. The molecule has 1 aliphatic carbocycles. The van der Waals surface area contributed by atoms with Crippen molar-refractivity contribution in [3.63, 3.8) is 0 Å². The van der Waals surface area contributed by atoms with Gasteiger partial charge in [0.1, 0.15) is 0 Å². The Morgan fingerprint density at radius 3 is 2.62 bits per heavy atom. The van der Waals surface area contributed by atoms with Crippen molar-refractivity contribution in [3.8, 4) is 11.1 Å². The molecule has 1 heterocycles. The van der Waals surface area contributed by atoms with Crippen LogP contribution in [0, 0.1) is 6.92 Å². The highest BCUT2D eigenvalue weighted by Crippen LogP contribution is 2.23. The van der Waals surface area contributed by atoms with E-state index in [0.29, 0.717) is 16.7 Å². The number of nitrogens with one attached hydrogen (secondary N) is 3. The van der Waals surface area contributed by atoms with Crippen molar-refractivity contribution < 1.29 is 14.7 Å². The van der Waals surface area contributed by atoms with Gasteiger partial charge < -0.3 is 15.7 Å². The Morgan fingerprint density at radius 2 is 1.94 bits per heavy atom. The molecule has 0 bridgehead atoms. The van der Waals surface area contributed by atoms with E-state index >= 15 is 0 Å². The van der Waals surface area contributed by atoms with Crippen molar-refractivity contribution in [1.82, 2.24) is 20.8 Å². The highest BCUT2D eigenvalue weighted by molar-refractivity contribution is 5.97. The standard InChI is InChI=1S/C25H28N4O3/c1-16-11-17(20-13-26-27-14-20)9-10-22(16)25(32)29-23(15-30)18-5-4-6-19(12-18)24(31)28-21-7-2-3-8-21/h4-6,9-14,21,23,30H,2-3,7-8,15H2,1H3,(H,26,27)(H,28,31)(H,29,32)/t23-/m1/s1. The molecule has 0 aliphatic heterocycles. The first kappa shape index (κ1) is 21.8. The predicted molar refractivity (Wildman–Crippen MR) is 122 cm³/mol. The number of aromatic nitrogens is 2. The number of aliphatic hydroxyl groups is 1. The molecule has 1 fully saturated rings. The molecule has 4 rings (SSSR count). The van der Waals surface area contributed by atoms with Gasteiger partial charge >= 0.3 is 0 Å². The minimum absolute atomic E-state index is 0.118. The number of hydrogen-bond donors (Lipinski definition) is 4. The van der Waals surface area contributed by atoms with Crippen LogP contribution < -0.4 is 10.6 Å². The summed E-state index contributed by atoms with van der Waals surface area (Å²) in [5.41, 5.74) is 4.48. The second-order valence-electron chi connectivity index (χ2n) is 8.31. The molecule has 4 N–H and O–H groups in total. The first-order valence-corrected chi connectivity index (χ1v) is 11.0. The van der Waals surface area contributed by atoms with Gasteiger partial charge in [0.2, 0.25) is 0 Å². The molecule has 1 saturated carbocycles. The van der Waals surface area contributed by atoms with Crippen molar-refractivity contribution in [2.24, 2.45) is 0 Å². The first-order valence-electron chi connectivity index (χ1n) is 11.0. The molecule has 7 nitrogen and oxygen atoms in total. The Morgan fingerprint density at radius 1 is 1.12 bits per heavy atom. The number of H-pyrrole nitrogens is 1. The molecular formula is C25H28N4O3. The van der Waals surface area contributed by atoms with Gasteiger partial charge in [-0.05, 0) is 54.7 Å². The zero-order chi connectivity index (χ0) is 22.5. The van der Waals surface area contributed by atoms with Crippen LogP contribution in [0.2, 0.25) is 0 Å². The average Bonchev–Trinajstić information content (AvgIpc) is 3.52. The average molecular weight is 433 g/mol. The summed E-state index contributed by atoms with van der Waals surface area (Å²) in [6.45, 7) is 1.60. The summed E-state index contributed by atoms with van der Waals surface area (Å²) in [7, 11) is 0. The third kappa shape index (κ3) is 4.89. The summed E-state index contributed by atoms with van der Waals surface area (Å²) in [5, 5.41) is 22.7. The SMILES string of the molecule is Cc1cc(-c2cn[nH]c2)ccc1C(=O)N[C@H](CO)c1cccc(C(=O)NC2CCCC2)c1. The number of aliphatic hydroxyl groups excluding tert-OH is 1. The first-order chi connectivity index (χ1) is 15.5. The van der Waals surface area contributed by atoms with Gasteiger partial charge in [0.25, 0.3) is 11.8 Å². The largest absolute Gasteiger partial charge is 0.394 e. The zero-order valence-corrected chi connectivity index (χ0v) is 18.1. The smallest absolute Gasteiger partial charge is 0.252 e. The van der Waals surface area contributed by atoms with Crippen LogP contribution in [-0.4, -0.2) is 39.8 Å². The molecule has 3 aromatic rings. The quantitative estimate of drug-likeness (QED) is 0.458. The number of nitrogens with zero attached hydrogens (tertiary/aromatic N) is 1. The summed E-state index contributed by atoms with van der Waals surface area (Å²) in [4.78, 5) is 25.5. The molecule has 1 atom stereocenters. The molecule has 7 heteroatoms. The molecule has 0 saturated heterocycles. The van der Waals surface area contributed by atoms with Crippen LogP contribution in [0.3, 0.4) is 0 Å². The maximum Gasteiger partial charge on any atom is 0.252 e. The summed E-state index contributed by atoms with van der Waals surface area (Å²) >= 11 is 0. The summed E-state index contributed by atoms with van der Waals surface area (Å²) in [5.74, 6) is -0.395. The Hall–Kier alpha value is -3.45. The van der Waals surface area contributed by atoms with E-state index in [0.717, 1.165) is 42.4 Å². The van der Waals surface area contributed by atoms with Crippen LogP contribution in [0.25, 0.3) is 11.1 Å². The van der Waals surface area contributed by atoms with Gasteiger partial charge in [0.15, 0.2) is 0 Å². The van der Waals surface area contributed by atoms with Gasteiger partial charge in [0.05, 0.1) is 18.8 Å². The lowest BCUT2D eigenvalue weighted by Crippen LogP contribution is -2.33. The third-order valence-corrected chi connectivity index (χ3v) is 6.03. The maximum atomic E-state index is 12.9. The van der Waals surface area contributed by atoms with Gasteiger partial charge in [-0.2, -0.15) is 5.10 Å². The highest BCUT2D eigenvalue weighted by Gasteiger charge is 2.20. The van der Waals surface area contributed by atoms with Crippen LogP contribution in [0.15, 0.2) is 54.9 Å². The maximum absolute atomic E-state index is 12.9. The van der Waals surface area contributed by atoms with E-state index in [-0.39, 0.29) is 24.5 Å². The van der Waals surface area contributed by atoms with Crippen LogP contribution in [0.5, 0.6) is 0 Å². The summed E-state index contributed by atoms with van der Waals surface area (Å²) in [6, 6.07) is 12.3. The van der Waals surface area contributed by atoms with E-state index in [1.54, 1.807) is 36.7 Å². The van der Waals surface area contributed by atoms with Crippen LogP contribution in [-0.2, 0) is 0 Å². The summed E-state index contributed by atoms with van der Waals surface area (Å²) < 4.78 is 0. The van der Waals surface area contributed by atoms with E-state index in [2.05, 4.69) is 20.8 Å². The van der Waals surface area contributed by atoms with E-state index in [1.807, 2.05) is 25.1 Å². The second kappa shape index (κ2) is 9.78. The molecule has 0 spiro atoms. The van der Waals surface area contributed by atoms with Gasteiger partial charge in [-0.25, -0.2) is 0 Å². The number of rotatable bonds is 7. The second-order valence-corrected chi connectivity index (χ2v) is 8.31. The van der Waals surface area contributed by atoms with Crippen molar-refractivity contribution in [2.45, 2.75) is 44.7 Å². The minimum atomic E-state index is -0.616. The van der Waals surface area contributed by atoms with E-state index in [4.69, 9.17) is 0 Å². The third-order valence-electron chi connectivity index (χ3n) is 6.03. The lowest BCUT2D eigenvalue weighted by Gasteiger charge is -2.19. The lowest BCUT2D eigenvalue weighted by atomic mass is 10.00. The van der Waals surface area contributed by atoms with Crippen LogP contribution in [0.4, 0.5) is 0 Å². The van der Waals surface area contributed by atoms with Crippen molar-refractivity contribution in [1.29, 1.82) is 0 Å². The van der Waals surface area contributed by atoms with E-state index in [1.165, 1.54) is 0 Å². The molecular weight excluding hydrogens is 404 g/mol. The Kier molecular flexibility index (Phi) is 6.66. The van der Waals surface area contributed by atoms with Gasteiger partial charge in [-0.15, -0.1) is 0 Å². The number of aromatic amines is 1. The molecule has 0 radical (unpaired) electrons. The number of carbonyl (C=O) groups excluding carboxylic acids is 2. The van der Waals surface area contributed by atoms with E-state index in [9.17, 15) is 14.7 Å². The molecule has 0 unspecified atom stereocenters. The minimum Gasteiger partial charge on any atom is -0.394 e. The van der Waals surface area contributed by atoms with Gasteiger partial charge in [-0.1, -0.05) is 37.1 Å². The molecule has 166 valence electrons. The van der Waals surface area contributed by atoms with Crippen molar-refractivity contribution >= 4 is 11.8 Å². The van der Waals surface area contributed by atoms with Crippen molar-refractivity contribution in [2.75, 3.05) is 6.61 Å². The number of aryl methyl sites for hydroxylation is 1. The summed E-state index contributed by atoms with van der Waals surface area (Å²) in [6.07, 6.45) is 7.84. The topological polar surface area (TPSA) is 107 Å². The number of amides is 2. The Bertz CT molecular complexity index is 1090.